The van der Waals surface area contributed by atoms with Gasteiger partial charge in [-0.2, -0.15) is 0 Å². The number of para-hydroxylation sites is 1. The zero-order valence-electron chi connectivity index (χ0n) is 13.8. The van der Waals surface area contributed by atoms with Crippen molar-refractivity contribution in [2.75, 3.05) is 0 Å². The van der Waals surface area contributed by atoms with E-state index in [1.807, 2.05) is 0 Å². The Morgan fingerprint density at radius 1 is 1.00 bits per heavy atom. The highest BCUT2D eigenvalue weighted by molar-refractivity contribution is 7.31. The van der Waals surface area contributed by atoms with Crippen LogP contribution in [-0.4, -0.2) is 24.2 Å². The summed E-state index contributed by atoms with van der Waals surface area (Å²) in [6.07, 6.45) is 0. The van der Waals surface area contributed by atoms with Gasteiger partial charge in [-0.15, -0.1) is 0 Å². The van der Waals surface area contributed by atoms with Crippen LogP contribution in [0.2, 0.25) is 44.9 Å². The average Bonchev–Trinajstić information content (AvgIpc) is 2.21. The van der Waals surface area contributed by atoms with Crippen LogP contribution >= 0.6 is 0 Å². The third kappa shape index (κ3) is 4.93. The number of aryl methyl sites for hydroxylation is 2. The molecule has 107 valence electrons. The van der Waals surface area contributed by atoms with Gasteiger partial charge in [0.1, 0.15) is 5.75 Å². The molecular formula is C15H29OSi3. The van der Waals surface area contributed by atoms with E-state index in [4.69, 9.17) is 4.43 Å². The summed E-state index contributed by atoms with van der Waals surface area (Å²) in [4.78, 5) is 0. The molecular weight excluding hydrogens is 280 g/mol. The fraction of sp³-hybridized carbons (Fsp3) is 0.600. The zero-order chi connectivity index (χ0) is 14.8. The van der Waals surface area contributed by atoms with Gasteiger partial charge in [-0.05, 0) is 38.1 Å². The summed E-state index contributed by atoms with van der Waals surface area (Å²) >= 11 is 0. The third-order valence-corrected chi connectivity index (χ3v) is 20.8. The highest BCUT2D eigenvalue weighted by Gasteiger charge is 2.37. The molecule has 1 rings (SSSR count). The monoisotopic (exact) mass is 309 g/mol. The summed E-state index contributed by atoms with van der Waals surface area (Å²) in [6, 6.07) is 6.44. The molecule has 0 N–H and O–H groups in total. The lowest BCUT2D eigenvalue weighted by Gasteiger charge is -2.33. The molecule has 0 amide bonds. The number of rotatable bonds is 5. The van der Waals surface area contributed by atoms with E-state index in [1.54, 1.807) is 0 Å². The fourth-order valence-corrected chi connectivity index (χ4v) is 20.8. The number of hydrogen-bond acceptors (Lipinski definition) is 1. The van der Waals surface area contributed by atoms with E-state index in [-0.39, 0.29) is 8.31 Å². The summed E-state index contributed by atoms with van der Waals surface area (Å²) in [7, 11) is -2.93. The largest absolute Gasteiger partial charge is 0.547 e. The first kappa shape index (κ1) is 16.7. The Bertz CT molecular complexity index is 415. The molecule has 1 radical (unpaired) electrons. The number of hydrogen-bond donors (Lipinski definition) is 0. The summed E-state index contributed by atoms with van der Waals surface area (Å²) < 4.78 is 6.58. The lowest BCUT2D eigenvalue weighted by Crippen LogP contribution is -2.52. The topological polar surface area (TPSA) is 9.23 Å². The van der Waals surface area contributed by atoms with Crippen LogP contribution in [0.15, 0.2) is 18.2 Å². The predicted octanol–water partition coefficient (Wildman–Crippen LogP) is 4.97. The van der Waals surface area contributed by atoms with Crippen molar-refractivity contribution in [2.45, 2.75) is 58.8 Å². The first-order valence-corrected chi connectivity index (χ1v) is 16.9. The van der Waals surface area contributed by atoms with Crippen LogP contribution in [0.3, 0.4) is 0 Å². The molecule has 0 saturated heterocycles. The van der Waals surface area contributed by atoms with Crippen LogP contribution in [0.25, 0.3) is 0 Å². The molecule has 0 aliphatic heterocycles. The van der Waals surface area contributed by atoms with Crippen molar-refractivity contribution in [3.8, 4) is 5.75 Å². The van der Waals surface area contributed by atoms with Crippen molar-refractivity contribution in [3.05, 3.63) is 29.3 Å². The van der Waals surface area contributed by atoms with E-state index in [1.165, 1.54) is 16.8 Å². The van der Waals surface area contributed by atoms with E-state index < -0.39 is 15.9 Å². The fourth-order valence-electron chi connectivity index (χ4n) is 2.31. The normalized spacial score (nSPS) is 12.9. The van der Waals surface area contributed by atoms with Gasteiger partial charge >= 0.3 is 0 Å². The molecule has 0 atom stereocenters. The zero-order valence-corrected chi connectivity index (χ0v) is 16.8. The quantitative estimate of drug-likeness (QED) is 0.698. The molecule has 0 aromatic heterocycles. The molecule has 19 heavy (non-hydrogen) atoms. The predicted molar refractivity (Wildman–Crippen MR) is 93.8 cm³/mol. The highest BCUT2D eigenvalue weighted by Crippen LogP contribution is 2.28. The van der Waals surface area contributed by atoms with Crippen LogP contribution in [0.1, 0.15) is 11.1 Å². The summed E-state index contributed by atoms with van der Waals surface area (Å²) in [6.45, 7) is 19.1. The molecule has 0 fully saturated rings. The van der Waals surface area contributed by atoms with Crippen molar-refractivity contribution < 1.29 is 4.43 Å². The molecule has 0 heterocycles. The van der Waals surface area contributed by atoms with Gasteiger partial charge in [0.05, 0.1) is 8.31 Å². The molecule has 1 nitrogen and oxygen atoms in total. The summed E-state index contributed by atoms with van der Waals surface area (Å²) in [5, 5.41) is 0. The Morgan fingerprint density at radius 2 is 1.47 bits per heavy atom. The molecule has 1 aromatic rings. The maximum atomic E-state index is 6.58. The second kappa shape index (κ2) is 5.97. The minimum absolute atomic E-state index is 0.375. The minimum atomic E-state index is -1.58. The molecule has 0 spiro atoms. The van der Waals surface area contributed by atoms with Gasteiger partial charge in [0.2, 0.25) is 7.83 Å². The minimum Gasteiger partial charge on any atom is -0.547 e. The maximum Gasteiger partial charge on any atom is 0.226 e. The molecule has 0 aliphatic rings. The van der Waals surface area contributed by atoms with Crippen molar-refractivity contribution in [2.24, 2.45) is 0 Å². The molecule has 0 unspecified atom stereocenters. The van der Waals surface area contributed by atoms with Gasteiger partial charge < -0.3 is 4.43 Å². The van der Waals surface area contributed by atoms with E-state index in [9.17, 15) is 0 Å². The van der Waals surface area contributed by atoms with Gasteiger partial charge in [-0.3, -0.25) is 0 Å². The van der Waals surface area contributed by atoms with Crippen LogP contribution in [0.4, 0.5) is 0 Å². The van der Waals surface area contributed by atoms with Crippen molar-refractivity contribution >= 4 is 24.2 Å². The second-order valence-corrected chi connectivity index (χ2v) is 24.8. The summed E-state index contributed by atoms with van der Waals surface area (Å²) in [5.41, 5.74) is 4.02. The van der Waals surface area contributed by atoms with E-state index in [2.05, 4.69) is 71.3 Å². The smallest absolute Gasteiger partial charge is 0.226 e. The first-order chi connectivity index (χ1) is 8.53. The van der Waals surface area contributed by atoms with Crippen molar-refractivity contribution in [3.63, 3.8) is 0 Å². The van der Waals surface area contributed by atoms with Crippen molar-refractivity contribution in [1.82, 2.24) is 0 Å². The van der Waals surface area contributed by atoms with Crippen molar-refractivity contribution in [1.29, 1.82) is 0 Å². The Balaban J connectivity index is 2.90. The van der Waals surface area contributed by atoms with Crippen LogP contribution in [-0.2, 0) is 0 Å². The van der Waals surface area contributed by atoms with Gasteiger partial charge in [0.15, 0.2) is 0 Å². The van der Waals surface area contributed by atoms with Gasteiger partial charge in [-0.1, -0.05) is 50.1 Å². The molecule has 1 aromatic carbocycles. The second-order valence-electron chi connectivity index (χ2n) is 7.35. The Hall–Kier alpha value is -0.329. The lowest BCUT2D eigenvalue weighted by atomic mass is 10.1. The lowest BCUT2D eigenvalue weighted by molar-refractivity contribution is 0.559. The Kier molecular flexibility index (Phi) is 5.26. The SMILES string of the molecule is Cc1cccc(C)c1O[Si](C)(C)[Si](C)C[Si](C)(C)C. The standard InChI is InChI=1S/C15H29OSi3/c1-13-10-9-11-14(2)15(13)16-19(7,8)17(3)12-18(4,5)6/h9-11H,12H2,1-8H3. The average molecular weight is 310 g/mol. The highest BCUT2D eigenvalue weighted by atomic mass is 29.2. The van der Waals surface area contributed by atoms with Gasteiger partial charge in [-0.25, -0.2) is 0 Å². The van der Waals surface area contributed by atoms with E-state index in [0.29, 0.717) is 0 Å². The first-order valence-electron chi connectivity index (χ1n) is 7.11. The Labute approximate surface area is 122 Å². The van der Waals surface area contributed by atoms with E-state index in [0.717, 1.165) is 5.75 Å². The molecule has 0 bridgehead atoms. The van der Waals surface area contributed by atoms with Gasteiger partial charge in [0, 0.05) is 8.07 Å². The Morgan fingerprint density at radius 3 is 1.89 bits per heavy atom. The number of benzene rings is 1. The summed E-state index contributed by atoms with van der Waals surface area (Å²) in [5.74, 6) is 1.15. The molecule has 0 aliphatic carbocycles. The van der Waals surface area contributed by atoms with Crippen LogP contribution in [0, 0.1) is 13.8 Å². The van der Waals surface area contributed by atoms with Gasteiger partial charge in [0.25, 0.3) is 0 Å². The van der Waals surface area contributed by atoms with E-state index >= 15 is 0 Å². The van der Waals surface area contributed by atoms with Crippen LogP contribution < -0.4 is 4.43 Å². The molecule has 4 heteroatoms. The maximum absolute atomic E-state index is 6.58. The third-order valence-electron chi connectivity index (χ3n) is 3.59. The van der Waals surface area contributed by atoms with Crippen LogP contribution in [0.5, 0.6) is 5.75 Å². The molecule has 0 saturated carbocycles.